The number of piperidine rings is 1. The van der Waals surface area contributed by atoms with Crippen molar-refractivity contribution in [2.24, 2.45) is 5.92 Å². The SMILES string of the molecule is Cc1noc(C)c1CNC(=O)N1CCC[C@H](C(=O)O)C1. The van der Waals surface area contributed by atoms with E-state index in [0.717, 1.165) is 17.7 Å². The third-order valence-corrected chi connectivity index (χ3v) is 3.66. The maximum Gasteiger partial charge on any atom is 0.317 e. The van der Waals surface area contributed by atoms with E-state index in [2.05, 4.69) is 10.5 Å². The van der Waals surface area contributed by atoms with Gasteiger partial charge in [0.15, 0.2) is 0 Å². The monoisotopic (exact) mass is 281 g/mol. The fourth-order valence-corrected chi connectivity index (χ4v) is 2.39. The summed E-state index contributed by atoms with van der Waals surface area (Å²) in [5.41, 5.74) is 1.62. The van der Waals surface area contributed by atoms with Crippen molar-refractivity contribution in [2.45, 2.75) is 33.2 Å². The van der Waals surface area contributed by atoms with E-state index < -0.39 is 11.9 Å². The summed E-state index contributed by atoms with van der Waals surface area (Å²) in [6.45, 7) is 4.82. The molecule has 2 rings (SSSR count). The molecule has 1 aliphatic rings. The van der Waals surface area contributed by atoms with Crippen LogP contribution in [0, 0.1) is 19.8 Å². The molecule has 1 fully saturated rings. The fourth-order valence-electron chi connectivity index (χ4n) is 2.39. The van der Waals surface area contributed by atoms with Crippen LogP contribution in [-0.2, 0) is 11.3 Å². The van der Waals surface area contributed by atoms with E-state index in [1.165, 1.54) is 0 Å². The van der Waals surface area contributed by atoms with Gasteiger partial charge in [-0.2, -0.15) is 0 Å². The van der Waals surface area contributed by atoms with Gasteiger partial charge in [0.05, 0.1) is 11.6 Å². The first-order valence-corrected chi connectivity index (χ1v) is 6.66. The lowest BCUT2D eigenvalue weighted by Gasteiger charge is -2.30. The second-order valence-corrected chi connectivity index (χ2v) is 5.08. The number of hydrogen-bond acceptors (Lipinski definition) is 4. The van der Waals surface area contributed by atoms with Crippen LogP contribution < -0.4 is 5.32 Å². The molecule has 110 valence electrons. The van der Waals surface area contributed by atoms with E-state index >= 15 is 0 Å². The number of carbonyl (C=O) groups excluding carboxylic acids is 1. The highest BCUT2D eigenvalue weighted by Gasteiger charge is 2.28. The number of amides is 2. The van der Waals surface area contributed by atoms with Crippen LogP contribution >= 0.6 is 0 Å². The molecule has 1 aromatic rings. The van der Waals surface area contributed by atoms with E-state index in [-0.39, 0.29) is 12.6 Å². The molecular formula is C13H19N3O4. The zero-order valence-electron chi connectivity index (χ0n) is 11.7. The molecule has 1 saturated heterocycles. The molecule has 2 heterocycles. The Morgan fingerprint density at radius 3 is 2.85 bits per heavy atom. The zero-order chi connectivity index (χ0) is 14.7. The summed E-state index contributed by atoms with van der Waals surface area (Å²) in [6.07, 6.45) is 1.35. The minimum absolute atomic E-state index is 0.240. The van der Waals surface area contributed by atoms with Gasteiger partial charge in [-0.15, -0.1) is 0 Å². The standard InChI is InChI=1S/C13H19N3O4/c1-8-11(9(2)20-15-8)6-14-13(19)16-5-3-4-10(7-16)12(17)18/h10H,3-7H2,1-2H3,(H,14,19)(H,17,18)/t10-/m0/s1. The lowest BCUT2D eigenvalue weighted by molar-refractivity contribution is -0.143. The Balaban J connectivity index is 1.90. The second kappa shape index (κ2) is 5.94. The smallest absolute Gasteiger partial charge is 0.317 e. The van der Waals surface area contributed by atoms with Crippen molar-refractivity contribution < 1.29 is 19.2 Å². The predicted octanol–water partition coefficient (Wildman–Crippen LogP) is 1.30. The van der Waals surface area contributed by atoms with Crippen molar-refractivity contribution in [2.75, 3.05) is 13.1 Å². The van der Waals surface area contributed by atoms with Crippen LogP contribution in [0.4, 0.5) is 4.79 Å². The average molecular weight is 281 g/mol. The van der Waals surface area contributed by atoms with Gasteiger partial charge in [-0.05, 0) is 26.7 Å². The molecule has 20 heavy (non-hydrogen) atoms. The highest BCUT2D eigenvalue weighted by atomic mass is 16.5. The molecule has 0 saturated carbocycles. The molecule has 7 nitrogen and oxygen atoms in total. The van der Waals surface area contributed by atoms with Crippen LogP contribution in [0.3, 0.4) is 0 Å². The Kier molecular flexibility index (Phi) is 4.26. The molecule has 1 aliphatic heterocycles. The fraction of sp³-hybridized carbons (Fsp3) is 0.615. The minimum Gasteiger partial charge on any atom is -0.481 e. The number of aromatic nitrogens is 1. The minimum atomic E-state index is -0.840. The maximum atomic E-state index is 12.1. The van der Waals surface area contributed by atoms with Crippen molar-refractivity contribution in [3.8, 4) is 0 Å². The van der Waals surface area contributed by atoms with Gasteiger partial charge in [-0.25, -0.2) is 4.79 Å². The van der Waals surface area contributed by atoms with Gasteiger partial charge in [0, 0.05) is 25.2 Å². The van der Waals surface area contributed by atoms with Crippen molar-refractivity contribution in [1.82, 2.24) is 15.4 Å². The molecular weight excluding hydrogens is 262 g/mol. The number of rotatable bonds is 3. The predicted molar refractivity (Wildman–Crippen MR) is 70.1 cm³/mol. The van der Waals surface area contributed by atoms with Gasteiger partial charge in [-0.3, -0.25) is 4.79 Å². The molecule has 2 N–H and O–H groups in total. The quantitative estimate of drug-likeness (QED) is 0.870. The molecule has 0 aliphatic carbocycles. The summed E-state index contributed by atoms with van der Waals surface area (Å²) >= 11 is 0. The maximum absolute atomic E-state index is 12.1. The van der Waals surface area contributed by atoms with Crippen LogP contribution in [0.2, 0.25) is 0 Å². The van der Waals surface area contributed by atoms with E-state index in [1.54, 1.807) is 11.8 Å². The summed E-state index contributed by atoms with van der Waals surface area (Å²) in [4.78, 5) is 24.6. The lowest BCUT2D eigenvalue weighted by atomic mass is 9.99. The van der Waals surface area contributed by atoms with E-state index in [0.29, 0.717) is 25.3 Å². The summed E-state index contributed by atoms with van der Waals surface area (Å²) in [5.74, 6) is -0.619. The third-order valence-electron chi connectivity index (χ3n) is 3.66. The number of likely N-dealkylation sites (tertiary alicyclic amines) is 1. The van der Waals surface area contributed by atoms with Gasteiger partial charge in [0.1, 0.15) is 5.76 Å². The van der Waals surface area contributed by atoms with Crippen LogP contribution in [0.25, 0.3) is 0 Å². The first-order chi connectivity index (χ1) is 9.49. The summed E-state index contributed by atoms with van der Waals surface area (Å²) in [5, 5.41) is 15.6. The van der Waals surface area contributed by atoms with Gasteiger partial charge >= 0.3 is 12.0 Å². The number of nitrogens with zero attached hydrogens (tertiary/aromatic N) is 2. The molecule has 0 bridgehead atoms. The topological polar surface area (TPSA) is 95.7 Å². The highest BCUT2D eigenvalue weighted by molar-refractivity contribution is 5.76. The number of carboxylic acids is 1. The molecule has 0 spiro atoms. The van der Waals surface area contributed by atoms with E-state index in [1.807, 2.05) is 6.92 Å². The number of aryl methyl sites for hydroxylation is 2. The number of carboxylic acid groups (broad SMARTS) is 1. The average Bonchev–Trinajstić information content (AvgIpc) is 2.75. The van der Waals surface area contributed by atoms with Crippen molar-refractivity contribution in [1.29, 1.82) is 0 Å². The largest absolute Gasteiger partial charge is 0.481 e. The Hall–Kier alpha value is -2.05. The number of nitrogens with one attached hydrogen (secondary N) is 1. The normalized spacial score (nSPS) is 18.9. The number of urea groups is 1. The molecule has 1 atom stereocenters. The molecule has 7 heteroatoms. The third kappa shape index (κ3) is 3.09. The van der Waals surface area contributed by atoms with Crippen LogP contribution in [0.5, 0.6) is 0 Å². The molecule has 0 aromatic carbocycles. The van der Waals surface area contributed by atoms with Crippen LogP contribution in [0.1, 0.15) is 29.9 Å². The molecule has 2 amide bonds. The van der Waals surface area contributed by atoms with Gasteiger partial charge in [0.25, 0.3) is 0 Å². The Morgan fingerprint density at radius 2 is 2.25 bits per heavy atom. The van der Waals surface area contributed by atoms with Crippen molar-refractivity contribution in [3.05, 3.63) is 17.0 Å². The summed E-state index contributed by atoms with van der Waals surface area (Å²) in [7, 11) is 0. The first-order valence-electron chi connectivity index (χ1n) is 6.66. The van der Waals surface area contributed by atoms with Gasteiger partial charge in [0.2, 0.25) is 0 Å². The van der Waals surface area contributed by atoms with Crippen molar-refractivity contribution in [3.63, 3.8) is 0 Å². The van der Waals surface area contributed by atoms with Crippen LogP contribution in [0.15, 0.2) is 4.52 Å². The number of carbonyl (C=O) groups is 2. The zero-order valence-corrected chi connectivity index (χ0v) is 11.7. The Morgan fingerprint density at radius 1 is 1.50 bits per heavy atom. The van der Waals surface area contributed by atoms with E-state index in [4.69, 9.17) is 9.63 Å². The summed E-state index contributed by atoms with van der Waals surface area (Å²) < 4.78 is 5.03. The van der Waals surface area contributed by atoms with Gasteiger partial charge in [-0.1, -0.05) is 5.16 Å². The Bertz CT molecular complexity index is 492. The highest BCUT2D eigenvalue weighted by Crippen LogP contribution is 2.17. The van der Waals surface area contributed by atoms with Crippen LogP contribution in [-0.4, -0.2) is 40.3 Å². The summed E-state index contributed by atoms with van der Waals surface area (Å²) in [6, 6.07) is -0.240. The number of hydrogen-bond donors (Lipinski definition) is 2. The molecule has 1 aromatic heterocycles. The number of aliphatic carboxylic acids is 1. The molecule has 0 unspecified atom stereocenters. The Labute approximate surface area is 116 Å². The second-order valence-electron chi connectivity index (χ2n) is 5.08. The lowest BCUT2D eigenvalue weighted by Crippen LogP contribution is -2.46. The van der Waals surface area contributed by atoms with Crippen molar-refractivity contribution >= 4 is 12.0 Å². The molecule has 0 radical (unpaired) electrons. The van der Waals surface area contributed by atoms with E-state index in [9.17, 15) is 9.59 Å². The first kappa shape index (κ1) is 14.4. The van der Waals surface area contributed by atoms with Gasteiger partial charge < -0.3 is 19.8 Å².